The number of phenolic OH excluding ortho intramolecular Hbond substituents is 1. The first-order valence-electron chi connectivity index (χ1n) is 7.88. The fourth-order valence-electron chi connectivity index (χ4n) is 2.87. The zero-order valence-electron chi connectivity index (χ0n) is 13.2. The molecule has 0 spiro atoms. The number of hydrogen-bond acceptors (Lipinski definition) is 4. The van der Waals surface area contributed by atoms with Gasteiger partial charge in [0, 0.05) is 6.42 Å². The van der Waals surface area contributed by atoms with Crippen LogP contribution in [0.5, 0.6) is 5.75 Å². The van der Waals surface area contributed by atoms with Crippen molar-refractivity contribution >= 4 is 12.1 Å². The van der Waals surface area contributed by atoms with Crippen molar-refractivity contribution in [3.63, 3.8) is 0 Å². The Hall–Kier alpha value is -2.24. The number of carboxylic acid groups (broad SMARTS) is 1. The van der Waals surface area contributed by atoms with E-state index in [1.165, 1.54) is 12.1 Å². The number of nitrogens with one attached hydrogen (secondary N) is 1. The molecule has 6 nitrogen and oxygen atoms in total. The van der Waals surface area contributed by atoms with Crippen LogP contribution in [0.3, 0.4) is 0 Å². The number of phenols is 1. The van der Waals surface area contributed by atoms with Gasteiger partial charge in [0.05, 0.1) is 0 Å². The molecule has 1 aliphatic rings. The van der Waals surface area contributed by atoms with Gasteiger partial charge in [-0.25, -0.2) is 9.59 Å². The molecule has 1 amide bonds. The van der Waals surface area contributed by atoms with Crippen molar-refractivity contribution in [3.05, 3.63) is 29.8 Å². The van der Waals surface area contributed by atoms with Gasteiger partial charge in [0.1, 0.15) is 17.4 Å². The Bertz CT molecular complexity index is 549. The fourth-order valence-corrected chi connectivity index (χ4v) is 2.87. The normalized spacial score (nSPS) is 18.0. The Balaban J connectivity index is 1.94. The summed E-state index contributed by atoms with van der Waals surface area (Å²) in [6.07, 6.45) is 4.20. The van der Waals surface area contributed by atoms with Crippen molar-refractivity contribution in [2.75, 3.05) is 0 Å². The maximum Gasteiger partial charge on any atom is 0.408 e. The number of benzene rings is 1. The topological polar surface area (TPSA) is 95.9 Å². The molecule has 0 aromatic heterocycles. The lowest BCUT2D eigenvalue weighted by Crippen LogP contribution is -2.46. The first kappa shape index (κ1) is 17.1. The highest BCUT2D eigenvalue weighted by atomic mass is 16.6. The van der Waals surface area contributed by atoms with E-state index in [2.05, 4.69) is 5.32 Å². The highest BCUT2D eigenvalue weighted by Crippen LogP contribution is 2.31. The summed E-state index contributed by atoms with van der Waals surface area (Å²) in [6, 6.07) is 5.14. The molecular weight excluding hydrogens is 298 g/mol. The molecule has 0 saturated heterocycles. The van der Waals surface area contributed by atoms with E-state index >= 15 is 0 Å². The molecule has 0 unspecified atom stereocenters. The van der Waals surface area contributed by atoms with E-state index in [1.54, 1.807) is 12.1 Å². The van der Waals surface area contributed by atoms with E-state index in [0.29, 0.717) is 5.56 Å². The van der Waals surface area contributed by atoms with Crippen molar-refractivity contribution in [1.29, 1.82) is 0 Å². The zero-order chi connectivity index (χ0) is 16.9. The van der Waals surface area contributed by atoms with Gasteiger partial charge in [-0.3, -0.25) is 0 Å². The number of aromatic hydroxyl groups is 1. The Morgan fingerprint density at radius 2 is 1.83 bits per heavy atom. The molecule has 0 radical (unpaired) electrons. The molecule has 1 aromatic carbocycles. The van der Waals surface area contributed by atoms with Crippen LogP contribution in [0.25, 0.3) is 0 Å². The second-order valence-electron chi connectivity index (χ2n) is 6.31. The minimum Gasteiger partial charge on any atom is -0.508 e. The largest absolute Gasteiger partial charge is 0.508 e. The highest BCUT2D eigenvalue weighted by Gasteiger charge is 2.32. The van der Waals surface area contributed by atoms with E-state index in [-0.39, 0.29) is 12.2 Å². The molecule has 1 aromatic rings. The highest BCUT2D eigenvalue weighted by molar-refractivity contribution is 5.80. The molecule has 23 heavy (non-hydrogen) atoms. The summed E-state index contributed by atoms with van der Waals surface area (Å²) in [6.45, 7) is 1.89. The van der Waals surface area contributed by atoms with Crippen LogP contribution in [0, 0.1) is 0 Å². The van der Waals surface area contributed by atoms with Crippen molar-refractivity contribution in [3.8, 4) is 5.75 Å². The van der Waals surface area contributed by atoms with E-state index in [1.807, 2.05) is 6.92 Å². The first-order valence-corrected chi connectivity index (χ1v) is 7.88. The molecule has 1 fully saturated rings. The Morgan fingerprint density at radius 1 is 1.22 bits per heavy atom. The number of carboxylic acids is 1. The van der Waals surface area contributed by atoms with Crippen LogP contribution in [-0.2, 0) is 16.0 Å². The molecule has 0 aliphatic heterocycles. The molecule has 1 atom stereocenters. The first-order chi connectivity index (χ1) is 10.9. The number of ether oxygens (including phenoxy) is 1. The van der Waals surface area contributed by atoms with Gasteiger partial charge in [-0.05, 0) is 50.3 Å². The maximum absolute atomic E-state index is 12.0. The average molecular weight is 321 g/mol. The van der Waals surface area contributed by atoms with Gasteiger partial charge in [0.15, 0.2) is 0 Å². The van der Waals surface area contributed by atoms with Crippen molar-refractivity contribution < 1.29 is 24.5 Å². The van der Waals surface area contributed by atoms with Gasteiger partial charge in [-0.15, -0.1) is 0 Å². The summed E-state index contributed by atoms with van der Waals surface area (Å²) in [7, 11) is 0. The van der Waals surface area contributed by atoms with Gasteiger partial charge in [-0.2, -0.15) is 0 Å². The third-order valence-electron chi connectivity index (χ3n) is 4.22. The molecule has 3 N–H and O–H groups in total. The van der Waals surface area contributed by atoms with Gasteiger partial charge in [0.25, 0.3) is 0 Å². The van der Waals surface area contributed by atoms with Gasteiger partial charge >= 0.3 is 12.1 Å². The number of amides is 1. The van der Waals surface area contributed by atoms with Gasteiger partial charge in [-0.1, -0.05) is 18.6 Å². The number of carbonyl (C=O) groups excluding carboxylic acids is 1. The Morgan fingerprint density at radius 3 is 2.39 bits per heavy atom. The third kappa shape index (κ3) is 5.16. The lowest BCUT2D eigenvalue weighted by Gasteiger charge is -2.33. The summed E-state index contributed by atoms with van der Waals surface area (Å²) in [4.78, 5) is 23.4. The van der Waals surface area contributed by atoms with E-state index in [0.717, 1.165) is 32.1 Å². The predicted molar refractivity (Wildman–Crippen MR) is 84.3 cm³/mol. The number of carbonyl (C=O) groups is 2. The Kier molecular flexibility index (Phi) is 5.47. The van der Waals surface area contributed by atoms with Crippen LogP contribution < -0.4 is 5.32 Å². The number of alkyl carbamates (subject to hydrolysis) is 1. The van der Waals surface area contributed by atoms with Crippen LogP contribution in [0.1, 0.15) is 44.6 Å². The smallest absolute Gasteiger partial charge is 0.408 e. The zero-order valence-corrected chi connectivity index (χ0v) is 13.2. The summed E-state index contributed by atoms with van der Waals surface area (Å²) in [5.74, 6) is -1.01. The van der Waals surface area contributed by atoms with Crippen LogP contribution in [0.2, 0.25) is 0 Å². The van der Waals surface area contributed by atoms with Gasteiger partial charge < -0.3 is 20.3 Å². The molecule has 6 heteroatoms. The number of aliphatic carboxylic acids is 1. The van der Waals surface area contributed by atoms with Crippen LogP contribution in [0.4, 0.5) is 4.79 Å². The minimum atomic E-state index is -1.12. The van der Waals surface area contributed by atoms with Crippen molar-refractivity contribution in [2.24, 2.45) is 0 Å². The summed E-state index contributed by atoms with van der Waals surface area (Å²) < 4.78 is 5.46. The van der Waals surface area contributed by atoms with Crippen LogP contribution in [-0.4, -0.2) is 33.9 Å². The SMILES string of the molecule is CC1(OC(=O)N[C@@H](Cc2ccc(O)cc2)C(=O)O)CCCCC1. The Labute approximate surface area is 135 Å². The molecule has 1 saturated carbocycles. The maximum atomic E-state index is 12.0. The van der Waals surface area contributed by atoms with E-state index < -0.39 is 23.7 Å². The predicted octanol–water partition coefficient (Wildman–Crippen LogP) is 2.84. The van der Waals surface area contributed by atoms with Crippen LogP contribution >= 0.6 is 0 Å². The molecular formula is C17H23NO5. The van der Waals surface area contributed by atoms with Crippen molar-refractivity contribution in [2.45, 2.75) is 57.1 Å². The third-order valence-corrected chi connectivity index (χ3v) is 4.22. The second kappa shape index (κ2) is 7.35. The van der Waals surface area contributed by atoms with E-state index in [9.17, 15) is 19.8 Å². The summed E-state index contributed by atoms with van der Waals surface area (Å²) in [5.41, 5.74) is 0.198. The molecule has 126 valence electrons. The monoisotopic (exact) mass is 321 g/mol. The molecule has 2 rings (SSSR count). The fraction of sp³-hybridized carbons (Fsp3) is 0.529. The summed E-state index contributed by atoms with van der Waals surface area (Å²) >= 11 is 0. The van der Waals surface area contributed by atoms with Gasteiger partial charge in [0.2, 0.25) is 0 Å². The quantitative estimate of drug-likeness (QED) is 0.775. The summed E-state index contributed by atoms with van der Waals surface area (Å²) in [5, 5.41) is 21.0. The average Bonchev–Trinajstić information content (AvgIpc) is 2.48. The minimum absolute atomic E-state index is 0.109. The number of hydrogen-bond donors (Lipinski definition) is 3. The van der Waals surface area contributed by atoms with Crippen LogP contribution in [0.15, 0.2) is 24.3 Å². The van der Waals surface area contributed by atoms with E-state index in [4.69, 9.17) is 4.74 Å². The molecule has 1 aliphatic carbocycles. The molecule has 0 bridgehead atoms. The lowest BCUT2D eigenvalue weighted by atomic mass is 9.86. The standard InChI is InChI=1S/C17H23NO5/c1-17(9-3-2-4-10-17)23-16(22)18-14(15(20)21)11-12-5-7-13(19)8-6-12/h5-8,14,19H,2-4,9-11H2,1H3,(H,18,22)(H,20,21)/t14-/m0/s1. The second-order valence-corrected chi connectivity index (χ2v) is 6.31. The molecule has 0 heterocycles. The lowest BCUT2D eigenvalue weighted by molar-refractivity contribution is -0.139. The number of rotatable bonds is 5. The van der Waals surface area contributed by atoms with Crippen molar-refractivity contribution in [1.82, 2.24) is 5.32 Å².